The van der Waals surface area contributed by atoms with E-state index in [1.165, 1.54) is 6.42 Å². The molecule has 1 atom stereocenters. The van der Waals surface area contributed by atoms with Crippen LogP contribution in [0.5, 0.6) is 0 Å². The third-order valence-electron chi connectivity index (χ3n) is 3.37. The Labute approximate surface area is 112 Å². The number of aromatic nitrogens is 1. The summed E-state index contributed by atoms with van der Waals surface area (Å²) in [5, 5.41) is 11.6. The molecule has 6 nitrogen and oxygen atoms in total. The largest absolute Gasteiger partial charge is 0.409 e. The van der Waals surface area contributed by atoms with E-state index >= 15 is 0 Å². The fourth-order valence-electron chi connectivity index (χ4n) is 2.45. The highest BCUT2D eigenvalue weighted by atomic mass is 16.5. The summed E-state index contributed by atoms with van der Waals surface area (Å²) in [7, 11) is 1.74. The standard InChI is InChI=1S/C13H20N4O2/c1-19-9-11-3-5-17(8-11)7-10-2-4-15-12(6-10)13(14)16-18/h2,4,6,11,18H,3,5,7-9H2,1H3,(H2,14,16). The van der Waals surface area contributed by atoms with E-state index in [0.717, 1.165) is 31.8 Å². The van der Waals surface area contributed by atoms with Crippen molar-refractivity contribution in [2.75, 3.05) is 26.8 Å². The predicted octanol–water partition coefficient (Wildman–Crippen LogP) is 0.644. The summed E-state index contributed by atoms with van der Waals surface area (Å²) in [6.07, 6.45) is 2.86. The highest BCUT2D eigenvalue weighted by Crippen LogP contribution is 2.18. The molecule has 6 heteroatoms. The van der Waals surface area contributed by atoms with Crippen LogP contribution in [0.1, 0.15) is 17.7 Å². The van der Waals surface area contributed by atoms with E-state index < -0.39 is 0 Å². The molecule has 2 heterocycles. The molecule has 0 amide bonds. The minimum absolute atomic E-state index is 0.0422. The molecule has 0 spiro atoms. The Hall–Kier alpha value is -1.66. The summed E-state index contributed by atoms with van der Waals surface area (Å²) >= 11 is 0. The first kappa shape index (κ1) is 13.8. The fraction of sp³-hybridized carbons (Fsp3) is 0.538. The number of ether oxygens (including phenoxy) is 1. The number of nitrogens with two attached hydrogens (primary N) is 1. The Balaban J connectivity index is 1.96. The molecule has 1 saturated heterocycles. The van der Waals surface area contributed by atoms with Gasteiger partial charge in [-0.2, -0.15) is 0 Å². The lowest BCUT2D eigenvalue weighted by atomic mass is 10.1. The number of rotatable bonds is 5. The van der Waals surface area contributed by atoms with Crippen molar-refractivity contribution in [3.05, 3.63) is 29.6 Å². The van der Waals surface area contributed by atoms with Crippen molar-refractivity contribution in [3.63, 3.8) is 0 Å². The average Bonchev–Trinajstić information content (AvgIpc) is 2.86. The van der Waals surface area contributed by atoms with Crippen molar-refractivity contribution in [2.24, 2.45) is 16.8 Å². The van der Waals surface area contributed by atoms with Crippen LogP contribution in [0.15, 0.2) is 23.5 Å². The number of methoxy groups -OCH3 is 1. The zero-order valence-electron chi connectivity index (χ0n) is 11.1. The van der Waals surface area contributed by atoms with Crippen LogP contribution in [0.4, 0.5) is 0 Å². The van der Waals surface area contributed by atoms with Gasteiger partial charge in [0.15, 0.2) is 5.84 Å². The third kappa shape index (κ3) is 3.65. The molecule has 0 bridgehead atoms. The van der Waals surface area contributed by atoms with Crippen molar-refractivity contribution in [1.29, 1.82) is 0 Å². The Morgan fingerprint density at radius 3 is 3.26 bits per heavy atom. The maximum Gasteiger partial charge on any atom is 0.188 e. The van der Waals surface area contributed by atoms with Crippen LogP contribution >= 0.6 is 0 Å². The highest BCUT2D eigenvalue weighted by Gasteiger charge is 2.22. The SMILES string of the molecule is COCC1CCN(Cc2ccnc(C(N)=NO)c2)C1. The van der Waals surface area contributed by atoms with Crippen molar-refractivity contribution in [2.45, 2.75) is 13.0 Å². The molecule has 0 aromatic carbocycles. The van der Waals surface area contributed by atoms with E-state index in [-0.39, 0.29) is 5.84 Å². The van der Waals surface area contributed by atoms with E-state index in [9.17, 15) is 0 Å². The van der Waals surface area contributed by atoms with Gasteiger partial charge in [-0.1, -0.05) is 5.16 Å². The van der Waals surface area contributed by atoms with Gasteiger partial charge >= 0.3 is 0 Å². The van der Waals surface area contributed by atoms with Gasteiger partial charge in [0.1, 0.15) is 5.69 Å². The van der Waals surface area contributed by atoms with Crippen LogP contribution in [-0.4, -0.2) is 47.7 Å². The highest BCUT2D eigenvalue weighted by molar-refractivity contribution is 5.95. The second kappa shape index (κ2) is 6.49. The van der Waals surface area contributed by atoms with Crippen molar-refractivity contribution < 1.29 is 9.94 Å². The molecule has 104 valence electrons. The second-order valence-corrected chi connectivity index (χ2v) is 4.88. The third-order valence-corrected chi connectivity index (χ3v) is 3.37. The minimum Gasteiger partial charge on any atom is -0.409 e. The van der Waals surface area contributed by atoms with Gasteiger partial charge in [0.25, 0.3) is 0 Å². The lowest BCUT2D eigenvalue weighted by Crippen LogP contribution is -2.22. The van der Waals surface area contributed by atoms with Crippen LogP contribution in [0.25, 0.3) is 0 Å². The molecule has 19 heavy (non-hydrogen) atoms. The van der Waals surface area contributed by atoms with E-state index in [2.05, 4.69) is 15.0 Å². The van der Waals surface area contributed by atoms with Crippen molar-refractivity contribution >= 4 is 5.84 Å². The summed E-state index contributed by atoms with van der Waals surface area (Å²) in [6.45, 7) is 3.81. The smallest absolute Gasteiger partial charge is 0.188 e. The van der Waals surface area contributed by atoms with Gasteiger partial charge in [0.2, 0.25) is 0 Å². The molecule has 1 aromatic heterocycles. The number of oxime groups is 1. The quantitative estimate of drug-likeness (QED) is 0.353. The van der Waals surface area contributed by atoms with Crippen LogP contribution < -0.4 is 5.73 Å². The topological polar surface area (TPSA) is 84.0 Å². The first-order chi connectivity index (χ1) is 9.22. The van der Waals surface area contributed by atoms with Crippen LogP contribution in [0.3, 0.4) is 0 Å². The van der Waals surface area contributed by atoms with Gasteiger partial charge in [-0.15, -0.1) is 0 Å². The zero-order chi connectivity index (χ0) is 13.7. The van der Waals surface area contributed by atoms with E-state index in [1.807, 2.05) is 12.1 Å². The fourth-order valence-corrected chi connectivity index (χ4v) is 2.45. The molecule has 0 radical (unpaired) electrons. The summed E-state index contributed by atoms with van der Waals surface area (Å²) < 4.78 is 5.19. The number of likely N-dealkylation sites (tertiary alicyclic amines) is 1. The molecule has 1 aliphatic heterocycles. The molecular weight excluding hydrogens is 244 g/mol. The predicted molar refractivity (Wildman–Crippen MR) is 72.0 cm³/mol. The van der Waals surface area contributed by atoms with Gasteiger partial charge < -0.3 is 15.7 Å². The Bertz CT molecular complexity index is 450. The van der Waals surface area contributed by atoms with Gasteiger partial charge in [-0.3, -0.25) is 9.88 Å². The summed E-state index contributed by atoms with van der Waals surface area (Å²) in [4.78, 5) is 6.46. The monoisotopic (exact) mass is 264 g/mol. The summed E-state index contributed by atoms with van der Waals surface area (Å²) in [6, 6.07) is 3.82. The maximum atomic E-state index is 8.66. The molecule has 1 fully saturated rings. The van der Waals surface area contributed by atoms with Crippen molar-refractivity contribution in [1.82, 2.24) is 9.88 Å². The van der Waals surface area contributed by atoms with Gasteiger partial charge in [-0.25, -0.2) is 0 Å². The first-order valence-corrected chi connectivity index (χ1v) is 6.37. The van der Waals surface area contributed by atoms with Crippen LogP contribution in [-0.2, 0) is 11.3 Å². The first-order valence-electron chi connectivity index (χ1n) is 6.37. The lowest BCUT2D eigenvalue weighted by Gasteiger charge is -2.16. The molecule has 0 aliphatic carbocycles. The van der Waals surface area contributed by atoms with Gasteiger partial charge in [0, 0.05) is 26.4 Å². The maximum absolute atomic E-state index is 8.66. The lowest BCUT2D eigenvalue weighted by molar-refractivity contribution is 0.152. The summed E-state index contributed by atoms with van der Waals surface area (Å²) in [5.74, 6) is 0.663. The normalized spacial score (nSPS) is 20.9. The zero-order valence-corrected chi connectivity index (χ0v) is 11.1. The number of hydrogen-bond donors (Lipinski definition) is 2. The van der Waals surface area contributed by atoms with Gasteiger partial charge in [0.05, 0.1) is 6.61 Å². The number of amidine groups is 1. The number of nitrogens with zero attached hydrogens (tertiary/aromatic N) is 3. The minimum atomic E-state index is 0.0422. The van der Waals surface area contributed by atoms with Crippen LogP contribution in [0, 0.1) is 5.92 Å². The Morgan fingerprint density at radius 2 is 2.53 bits per heavy atom. The summed E-state index contributed by atoms with van der Waals surface area (Å²) in [5.41, 5.74) is 7.17. The number of pyridine rings is 1. The molecule has 0 saturated carbocycles. The Morgan fingerprint density at radius 1 is 1.68 bits per heavy atom. The number of hydrogen-bond acceptors (Lipinski definition) is 5. The van der Waals surface area contributed by atoms with Crippen LogP contribution in [0.2, 0.25) is 0 Å². The molecule has 1 aromatic rings. The molecular formula is C13H20N4O2. The molecule has 2 rings (SSSR count). The van der Waals surface area contributed by atoms with E-state index in [0.29, 0.717) is 11.6 Å². The van der Waals surface area contributed by atoms with Crippen molar-refractivity contribution in [3.8, 4) is 0 Å². The molecule has 1 aliphatic rings. The second-order valence-electron chi connectivity index (χ2n) is 4.88. The van der Waals surface area contributed by atoms with E-state index in [4.69, 9.17) is 15.7 Å². The average molecular weight is 264 g/mol. The molecule has 1 unspecified atom stereocenters. The molecule has 3 N–H and O–H groups in total. The van der Waals surface area contributed by atoms with E-state index in [1.54, 1.807) is 13.3 Å². The van der Waals surface area contributed by atoms with Gasteiger partial charge in [-0.05, 0) is 36.6 Å². The Kier molecular flexibility index (Phi) is 4.70.